The summed E-state index contributed by atoms with van der Waals surface area (Å²) in [6, 6.07) is -0.386. The molecule has 1 rings (SSSR count). The van der Waals surface area contributed by atoms with Gasteiger partial charge in [-0.05, 0) is 20.8 Å². The maximum absolute atomic E-state index is 12.3. The minimum Gasteiger partial charge on any atom is -0.463 e. The van der Waals surface area contributed by atoms with Crippen molar-refractivity contribution < 1.29 is 23.9 Å². The molecule has 1 aliphatic rings. The molecule has 0 saturated carbocycles. The van der Waals surface area contributed by atoms with Crippen LogP contribution in [-0.4, -0.2) is 65.7 Å². The summed E-state index contributed by atoms with van der Waals surface area (Å²) in [7, 11) is 0. The van der Waals surface area contributed by atoms with Crippen molar-refractivity contribution in [3.05, 3.63) is 0 Å². The molecule has 1 atom stereocenters. The number of carbonyl (C=O) groups excluding carboxylic acids is 3. The first-order valence-corrected chi connectivity index (χ1v) is 7.54. The van der Waals surface area contributed by atoms with Crippen LogP contribution in [0.3, 0.4) is 0 Å². The predicted molar refractivity (Wildman–Crippen MR) is 80.2 cm³/mol. The number of ether oxygens (including phenoxy) is 2. The first-order valence-electron chi connectivity index (χ1n) is 7.54. The second-order valence-corrected chi connectivity index (χ2v) is 6.33. The molecule has 0 bridgehead atoms. The third-order valence-corrected chi connectivity index (χ3v) is 3.28. The van der Waals surface area contributed by atoms with Gasteiger partial charge >= 0.3 is 12.1 Å². The Bertz CT molecular complexity index is 430. The van der Waals surface area contributed by atoms with Gasteiger partial charge in [0.1, 0.15) is 12.2 Å². The van der Waals surface area contributed by atoms with Crippen molar-refractivity contribution in [1.82, 2.24) is 9.80 Å². The number of amides is 2. The molecule has 1 fully saturated rings. The SMILES string of the molecule is CCC(=O)OCC1CN(C(C)=O)CCN1C(=O)OC(C)(C)C. The topological polar surface area (TPSA) is 76.2 Å². The smallest absolute Gasteiger partial charge is 0.410 e. The van der Waals surface area contributed by atoms with Crippen molar-refractivity contribution in [2.45, 2.75) is 52.7 Å². The van der Waals surface area contributed by atoms with E-state index in [4.69, 9.17) is 9.47 Å². The van der Waals surface area contributed by atoms with Gasteiger partial charge in [-0.2, -0.15) is 0 Å². The highest BCUT2D eigenvalue weighted by Crippen LogP contribution is 2.16. The Hall–Kier alpha value is -1.79. The van der Waals surface area contributed by atoms with Crippen molar-refractivity contribution in [1.29, 1.82) is 0 Å². The fraction of sp³-hybridized carbons (Fsp3) is 0.800. The summed E-state index contributed by atoms with van der Waals surface area (Å²) in [6.07, 6.45) is -0.177. The van der Waals surface area contributed by atoms with Crippen molar-refractivity contribution in [3.8, 4) is 0 Å². The van der Waals surface area contributed by atoms with E-state index < -0.39 is 11.7 Å². The third kappa shape index (κ3) is 5.54. The second-order valence-electron chi connectivity index (χ2n) is 6.33. The Kier molecular flexibility index (Phi) is 6.20. The first-order chi connectivity index (χ1) is 10.1. The Labute approximate surface area is 131 Å². The summed E-state index contributed by atoms with van der Waals surface area (Å²) in [4.78, 5) is 38.3. The Morgan fingerprint density at radius 1 is 1.18 bits per heavy atom. The number of carbonyl (C=O) groups is 3. The van der Waals surface area contributed by atoms with Crippen LogP contribution in [0.15, 0.2) is 0 Å². The van der Waals surface area contributed by atoms with Crippen molar-refractivity contribution >= 4 is 18.0 Å². The molecule has 7 heteroatoms. The van der Waals surface area contributed by atoms with Gasteiger partial charge in [0.2, 0.25) is 5.91 Å². The van der Waals surface area contributed by atoms with Gasteiger partial charge in [0.05, 0.1) is 6.04 Å². The zero-order valence-corrected chi connectivity index (χ0v) is 14.0. The van der Waals surface area contributed by atoms with Gasteiger partial charge in [-0.25, -0.2) is 4.79 Å². The van der Waals surface area contributed by atoms with Crippen LogP contribution in [0.4, 0.5) is 4.79 Å². The van der Waals surface area contributed by atoms with Crippen molar-refractivity contribution in [3.63, 3.8) is 0 Å². The van der Waals surface area contributed by atoms with Crippen LogP contribution < -0.4 is 0 Å². The lowest BCUT2D eigenvalue weighted by Gasteiger charge is -2.41. The second kappa shape index (κ2) is 7.47. The lowest BCUT2D eigenvalue weighted by atomic mass is 10.1. The van der Waals surface area contributed by atoms with E-state index >= 15 is 0 Å². The van der Waals surface area contributed by atoms with Crippen LogP contribution in [0, 0.1) is 0 Å². The molecular formula is C15H26N2O5. The Morgan fingerprint density at radius 2 is 1.82 bits per heavy atom. The molecule has 0 N–H and O–H groups in total. The molecule has 2 amide bonds. The van der Waals surface area contributed by atoms with Gasteiger partial charge in [-0.15, -0.1) is 0 Å². The average Bonchev–Trinajstić information content (AvgIpc) is 2.42. The molecule has 1 unspecified atom stereocenters. The maximum Gasteiger partial charge on any atom is 0.410 e. The lowest BCUT2D eigenvalue weighted by Crippen LogP contribution is -2.58. The molecule has 0 radical (unpaired) electrons. The highest BCUT2D eigenvalue weighted by atomic mass is 16.6. The standard InChI is InChI=1S/C15H26N2O5/c1-6-13(19)21-10-12-9-16(11(2)18)7-8-17(12)14(20)22-15(3,4)5/h12H,6-10H2,1-5H3. The number of piperazine rings is 1. The molecule has 1 saturated heterocycles. The van der Waals surface area contributed by atoms with E-state index in [1.165, 1.54) is 11.8 Å². The average molecular weight is 314 g/mol. The first kappa shape index (κ1) is 18.3. The van der Waals surface area contributed by atoms with Crippen molar-refractivity contribution in [2.75, 3.05) is 26.2 Å². The summed E-state index contributed by atoms with van der Waals surface area (Å²) in [5, 5.41) is 0. The molecule has 0 aromatic carbocycles. The maximum atomic E-state index is 12.3. The number of nitrogens with zero attached hydrogens (tertiary/aromatic N) is 2. The van der Waals surface area contributed by atoms with E-state index in [0.717, 1.165) is 0 Å². The highest BCUT2D eigenvalue weighted by molar-refractivity contribution is 5.74. The minimum absolute atomic E-state index is 0.0596. The molecule has 1 heterocycles. The van der Waals surface area contributed by atoms with Gasteiger partial charge in [0, 0.05) is 33.0 Å². The van der Waals surface area contributed by atoms with E-state index in [1.54, 1.807) is 32.6 Å². The quantitative estimate of drug-likeness (QED) is 0.736. The summed E-state index contributed by atoms with van der Waals surface area (Å²) >= 11 is 0. The summed E-state index contributed by atoms with van der Waals surface area (Å²) in [6.45, 7) is 9.79. The van der Waals surface area contributed by atoms with E-state index in [9.17, 15) is 14.4 Å². The fourth-order valence-electron chi connectivity index (χ4n) is 2.14. The normalized spacial score (nSPS) is 18.9. The molecule has 1 aliphatic heterocycles. The third-order valence-electron chi connectivity index (χ3n) is 3.28. The monoisotopic (exact) mass is 314 g/mol. The number of esters is 1. The summed E-state index contributed by atoms with van der Waals surface area (Å²) in [5.41, 5.74) is -0.598. The van der Waals surface area contributed by atoms with Crippen molar-refractivity contribution in [2.24, 2.45) is 0 Å². The van der Waals surface area contributed by atoms with Crippen LogP contribution >= 0.6 is 0 Å². The van der Waals surface area contributed by atoms with Crippen LogP contribution in [0.5, 0.6) is 0 Å². The lowest BCUT2D eigenvalue weighted by molar-refractivity contribution is -0.146. The molecular weight excluding hydrogens is 288 g/mol. The van der Waals surface area contributed by atoms with E-state index in [2.05, 4.69) is 0 Å². The Morgan fingerprint density at radius 3 is 2.32 bits per heavy atom. The van der Waals surface area contributed by atoms with Gasteiger partial charge in [0.25, 0.3) is 0 Å². The predicted octanol–water partition coefficient (Wildman–Crippen LogP) is 1.41. The molecule has 0 aromatic rings. The molecule has 126 valence electrons. The van der Waals surface area contributed by atoms with Gasteiger partial charge < -0.3 is 14.4 Å². The van der Waals surface area contributed by atoms with Crippen LogP contribution in [0.25, 0.3) is 0 Å². The molecule has 7 nitrogen and oxygen atoms in total. The molecule has 0 spiro atoms. The molecule has 0 aromatic heterocycles. The molecule has 0 aliphatic carbocycles. The largest absolute Gasteiger partial charge is 0.463 e. The molecule has 22 heavy (non-hydrogen) atoms. The van der Waals surface area contributed by atoms with E-state index in [1.807, 2.05) is 0 Å². The van der Waals surface area contributed by atoms with E-state index in [0.29, 0.717) is 19.6 Å². The fourth-order valence-corrected chi connectivity index (χ4v) is 2.14. The minimum atomic E-state index is -0.598. The van der Waals surface area contributed by atoms with Gasteiger partial charge in [0.15, 0.2) is 0 Å². The summed E-state index contributed by atoms with van der Waals surface area (Å²) < 4.78 is 10.5. The summed E-state index contributed by atoms with van der Waals surface area (Å²) in [5.74, 6) is -0.389. The van der Waals surface area contributed by atoms with E-state index in [-0.39, 0.29) is 30.9 Å². The zero-order chi connectivity index (χ0) is 16.9. The van der Waals surface area contributed by atoms with Crippen LogP contribution in [0.2, 0.25) is 0 Å². The van der Waals surface area contributed by atoms with Crippen LogP contribution in [0.1, 0.15) is 41.0 Å². The highest BCUT2D eigenvalue weighted by Gasteiger charge is 2.34. The van der Waals surface area contributed by atoms with Gasteiger partial charge in [-0.3, -0.25) is 14.5 Å². The number of rotatable bonds is 3. The number of hydrogen-bond acceptors (Lipinski definition) is 5. The number of hydrogen-bond donors (Lipinski definition) is 0. The zero-order valence-electron chi connectivity index (χ0n) is 14.0. The Balaban J connectivity index is 2.76. The van der Waals surface area contributed by atoms with Crippen LogP contribution in [-0.2, 0) is 19.1 Å². The van der Waals surface area contributed by atoms with Gasteiger partial charge in [-0.1, -0.05) is 6.92 Å².